The van der Waals surface area contributed by atoms with E-state index in [1.165, 1.54) is 12.1 Å². The summed E-state index contributed by atoms with van der Waals surface area (Å²) in [5.41, 5.74) is -0.0233. The molecule has 1 aromatic rings. The third kappa shape index (κ3) is 6.12. The second-order valence-electron chi connectivity index (χ2n) is 5.49. The van der Waals surface area contributed by atoms with Crippen LogP contribution in [0.4, 0.5) is 9.18 Å². The number of halogens is 1. The van der Waals surface area contributed by atoms with Crippen LogP contribution in [0.25, 0.3) is 0 Å². The maximum Gasteiger partial charge on any atom is 0.315 e. The van der Waals surface area contributed by atoms with Gasteiger partial charge in [0.25, 0.3) is 0 Å². The van der Waals surface area contributed by atoms with E-state index in [4.69, 9.17) is 0 Å². The number of rotatable bonds is 7. The molecule has 0 aliphatic carbocycles. The van der Waals surface area contributed by atoms with E-state index in [2.05, 4.69) is 10.6 Å². The molecular weight excluding hydrogens is 271 g/mol. The SMILES string of the molecule is CCC(O)(CC)CNC(=O)NC(C)Cc1cccc(F)c1. The van der Waals surface area contributed by atoms with Crippen LogP contribution in [0.2, 0.25) is 0 Å². The van der Waals surface area contributed by atoms with Gasteiger partial charge in [0.05, 0.1) is 5.60 Å². The van der Waals surface area contributed by atoms with Crippen LogP contribution in [-0.4, -0.2) is 29.3 Å². The Hall–Kier alpha value is -1.62. The van der Waals surface area contributed by atoms with Gasteiger partial charge in [-0.25, -0.2) is 9.18 Å². The molecule has 118 valence electrons. The number of carbonyl (C=O) groups excluding carboxylic acids is 1. The van der Waals surface area contributed by atoms with Gasteiger partial charge in [-0.15, -0.1) is 0 Å². The van der Waals surface area contributed by atoms with Gasteiger partial charge in [-0.3, -0.25) is 0 Å². The van der Waals surface area contributed by atoms with Crippen LogP contribution in [0, 0.1) is 5.82 Å². The van der Waals surface area contributed by atoms with E-state index < -0.39 is 5.60 Å². The Morgan fingerprint density at radius 1 is 1.38 bits per heavy atom. The largest absolute Gasteiger partial charge is 0.388 e. The summed E-state index contributed by atoms with van der Waals surface area (Å²) in [6.45, 7) is 5.85. The molecule has 3 N–H and O–H groups in total. The zero-order valence-corrected chi connectivity index (χ0v) is 12.9. The van der Waals surface area contributed by atoms with Crippen LogP contribution >= 0.6 is 0 Å². The number of hydrogen-bond donors (Lipinski definition) is 3. The first-order valence-corrected chi connectivity index (χ1v) is 7.39. The summed E-state index contributed by atoms with van der Waals surface area (Å²) in [6.07, 6.45) is 1.72. The molecule has 0 aromatic heterocycles. The molecule has 4 nitrogen and oxygen atoms in total. The van der Waals surface area contributed by atoms with Crippen molar-refractivity contribution in [2.45, 2.75) is 51.7 Å². The number of hydrogen-bond acceptors (Lipinski definition) is 2. The van der Waals surface area contributed by atoms with Crippen molar-refractivity contribution >= 4 is 6.03 Å². The number of carbonyl (C=O) groups is 1. The molecule has 2 amide bonds. The van der Waals surface area contributed by atoms with Crippen molar-refractivity contribution < 1.29 is 14.3 Å². The molecule has 0 saturated heterocycles. The summed E-state index contributed by atoms with van der Waals surface area (Å²) in [6, 6.07) is 5.89. The molecular formula is C16H25FN2O2. The lowest BCUT2D eigenvalue weighted by Gasteiger charge is -2.26. The molecule has 0 radical (unpaired) electrons. The molecule has 0 aliphatic rings. The van der Waals surface area contributed by atoms with E-state index in [1.807, 2.05) is 26.8 Å². The van der Waals surface area contributed by atoms with Gasteiger partial charge in [0.1, 0.15) is 5.82 Å². The molecule has 0 saturated carbocycles. The van der Waals surface area contributed by atoms with E-state index in [0.717, 1.165) is 5.56 Å². The molecule has 21 heavy (non-hydrogen) atoms. The molecule has 5 heteroatoms. The van der Waals surface area contributed by atoms with Crippen LogP contribution < -0.4 is 10.6 Å². The number of nitrogens with one attached hydrogen (secondary N) is 2. The van der Waals surface area contributed by atoms with Crippen molar-refractivity contribution in [1.29, 1.82) is 0 Å². The van der Waals surface area contributed by atoms with Gasteiger partial charge < -0.3 is 15.7 Å². The topological polar surface area (TPSA) is 61.4 Å². The van der Waals surface area contributed by atoms with Crippen LogP contribution in [0.5, 0.6) is 0 Å². The van der Waals surface area contributed by atoms with Gasteiger partial charge in [-0.2, -0.15) is 0 Å². The Labute approximate surface area is 125 Å². The van der Waals surface area contributed by atoms with Gasteiger partial charge in [0.2, 0.25) is 0 Å². The Morgan fingerprint density at radius 2 is 2.05 bits per heavy atom. The average molecular weight is 296 g/mol. The lowest BCUT2D eigenvalue weighted by Crippen LogP contribution is -2.48. The van der Waals surface area contributed by atoms with Gasteiger partial charge in [-0.1, -0.05) is 26.0 Å². The third-order valence-corrected chi connectivity index (χ3v) is 3.70. The molecule has 0 fully saturated rings. The third-order valence-electron chi connectivity index (χ3n) is 3.70. The second-order valence-corrected chi connectivity index (χ2v) is 5.49. The van der Waals surface area contributed by atoms with E-state index >= 15 is 0 Å². The van der Waals surface area contributed by atoms with Crippen molar-refractivity contribution in [2.75, 3.05) is 6.54 Å². The normalized spacial score (nSPS) is 12.8. The summed E-state index contributed by atoms with van der Waals surface area (Å²) in [7, 11) is 0. The summed E-state index contributed by atoms with van der Waals surface area (Å²) in [5.74, 6) is -0.278. The lowest BCUT2D eigenvalue weighted by molar-refractivity contribution is 0.0349. The van der Waals surface area contributed by atoms with E-state index in [0.29, 0.717) is 19.3 Å². The molecule has 1 aromatic carbocycles. The molecule has 0 aliphatic heterocycles. The van der Waals surface area contributed by atoms with Crippen LogP contribution in [0.1, 0.15) is 39.2 Å². The van der Waals surface area contributed by atoms with Crippen molar-refractivity contribution in [3.05, 3.63) is 35.6 Å². The predicted molar refractivity (Wildman–Crippen MR) is 81.6 cm³/mol. The molecule has 1 unspecified atom stereocenters. The van der Waals surface area contributed by atoms with Crippen molar-refractivity contribution in [1.82, 2.24) is 10.6 Å². The maximum atomic E-state index is 13.1. The zero-order valence-electron chi connectivity index (χ0n) is 12.9. The highest BCUT2D eigenvalue weighted by Gasteiger charge is 2.22. The fraction of sp³-hybridized carbons (Fsp3) is 0.562. The Morgan fingerprint density at radius 3 is 2.62 bits per heavy atom. The number of benzene rings is 1. The molecule has 1 rings (SSSR count). The lowest BCUT2D eigenvalue weighted by atomic mass is 9.98. The number of urea groups is 1. The standard InChI is InChI=1S/C16H25FN2O2/c1-4-16(21,5-2)11-18-15(20)19-12(3)9-13-7-6-8-14(17)10-13/h6-8,10,12,21H,4-5,9,11H2,1-3H3,(H2,18,19,20). The van der Waals surface area contributed by atoms with Crippen molar-refractivity contribution in [3.63, 3.8) is 0 Å². The summed E-state index contributed by atoms with van der Waals surface area (Å²) in [4.78, 5) is 11.8. The maximum absolute atomic E-state index is 13.1. The van der Waals surface area contributed by atoms with Crippen LogP contribution in [0.15, 0.2) is 24.3 Å². The minimum atomic E-state index is -0.858. The monoisotopic (exact) mass is 296 g/mol. The highest BCUT2D eigenvalue weighted by Crippen LogP contribution is 2.12. The average Bonchev–Trinajstić information content (AvgIpc) is 2.44. The fourth-order valence-electron chi connectivity index (χ4n) is 2.09. The predicted octanol–water partition coefficient (Wildman–Crippen LogP) is 2.61. The summed E-state index contributed by atoms with van der Waals surface area (Å²) >= 11 is 0. The minimum Gasteiger partial charge on any atom is -0.388 e. The van der Waals surface area contributed by atoms with Crippen molar-refractivity contribution in [2.24, 2.45) is 0 Å². The summed E-state index contributed by atoms with van der Waals surface area (Å²) < 4.78 is 13.1. The van der Waals surface area contributed by atoms with E-state index in [-0.39, 0.29) is 24.4 Å². The minimum absolute atomic E-state index is 0.122. The molecule has 1 atom stereocenters. The first-order chi connectivity index (χ1) is 9.88. The first-order valence-electron chi connectivity index (χ1n) is 7.39. The van der Waals surface area contributed by atoms with Crippen LogP contribution in [0.3, 0.4) is 0 Å². The Kier molecular flexibility index (Phi) is 6.62. The fourth-order valence-corrected chi connectivity index (χ4v) is 2.09. The molecule has 0 heterocycles. The number of amides is 2. The van der Waals surface area contributed by atoms with E-state index in [1.54, 1.807) is 6.07 Å². The zero-order chi connectivity index (χ0) is 15.9. The first kappa shape index (κ1) is 17.4. The van der Waals surface area contributed by atoms with Gasteiger partial charge in [-0.05, 0) is 43.9 Å². The number of aliphatic hydroxyl groups is 1. The Balaban J connectivity index is 2.40. The molecule has 0 spiro atoms. The molecule has 0 bridgehead atoms. The Bertz CT molecular complexity index is 461. The van der Waals surface area contributed by atoms with Crippen LogP contribution in [-0.2, 0) is 6.42 Å². The van der Waals surface area contributed by atoms with Crippen molar-refractivity contribution in [3.8, 4) is 0 Å². The highest BCUT2D eigenvalue weighted by molar-refractivity contribution is 5.74. The van der Waals surface area contributed by atoms with Gasteiger partial charge in [0.15, 0.2) is 0 Å². The quantitative estimate of drug-likeness (QED) is 0.724. The highest BCUT2D eigenvalue weighted by atomic mass is 19.1. The van der Waals surface area contributed by atoms with E-state index in [9.17, 15) is 14.3 Å². The van der Waals surface area contributed by atoms with Gasteiger partial charge in [0, 0.05) is 12.6 Å². The summed E-state index contributed by atoms with van der Waals surface area (Å²) in [5, 5.41) is 15.6. The van der Waals surface area contributed by atoms with Gasteiger partial charge >= 0.3 is 6.03 Å². The smallest absolute Gasteiger partial charge is 0.315 e. The second kappa shape index (κ2) is 7.98.